The van der Waals surface area contributed by atoms with E-state index in [-0.39, 0.29) is 23.3 Å². The summed E-state index contributed by atoms with van der Waals surface area (Å²) in [5.74, 6) is -1.03. The minimum absolute atomic E-state index is 0.0219. The Labute approximate surface area is 480 Å². The Kier molecular flexibility index (Phi) is 18.8. The zero-order valence-corrected chi connectivity index (χ0v) is 48.3. The number of benzene rings is 4. The maximum atomic E-state index is 14.5. The first-order valence-electron chi connectivity index (χ1n) is 27.0. The number of alkyl halides is 3. The minimum atomic E-state index is -6.13. The molecule has 2 atom stereocenters. The molecule has 3 aliphatic heterocycles. The zero-order chi connectivity index (χ0) is 57.5. The molecule has 1 unspecified atom stereocenters. The van der Waals surface area contributed by atoms with Crippen molar-refractivity contribution in [3.05, 3.63) is 137 Å². The molecular weight excluding hydrogens is 1130 g/mol. The van der Waals surface area contributed by atoms with E-state index in [9.17, 15) is 44.4 Å². The Balaban J connectivity index is 0.819. The van der Waals surface area contributed by atoms with Gasteiger partial charge in [0.1, 0.15) is 16.8 Å². The lowest BCUT2D eigenvalue weighted by atomic mass is 9.73. The van der Waals surface area contributed by atoms with Crippen LogP contribution in [0.25, 0.3) is 5.57 Å². The Morgan fingerprint density at radius 3 is 2.16 bits per heavy atom. The molecule has 9 rings (SSSR count). The van der Waals surface area contributed by atoms with Crippen LogP contribution in [0.1, 0.15) is 74.0 Å². The highest BCUT2D eigenvalue weighted by Crippen LogP contribution is 2.43. The molecule has 0 spiro atoms. The maximum absolute atomic E-state index is 14.5. The van der Waals surface area contributed by atoms with Crippen LogP contribution in [0.3, 0.4) is 0 Å². The SMILES string of the molecule is CC1(C)CCC(c2ccc(Cl)cc2)=C(CN2CCN(c3ccc(C(=O)NS(=O)(=O)c4ccc(N[C@H](CCN5CCN(Cc6ccc(NC7CCC(=O)NC7=O)nn6)CC5)CSc5ccccc5)c(S(=O)(=O)C(F)(F)F)c4)cc3)CC2)C1. The number of sulfone groups is 1. The lowest BCUT2D eigenvalue weighted by Gasteiger charge is -2.39. The summed E-state index contributed by atoms with van der Waals surface area (Å²) in [7, 11) is -11.0. The number of anilines is 3. The van der Waals surface area contributed by atoms with Crippen LogP contribution in [-0.2, 0) is 36.0 Å². The number of thioether (sulfide) groups is 1. The third-order valence-corrected chi connectivity index (χ3v) is 19.5. The number of piperazine rings is 2. The van der Waals surface area contributed by atoms with Crippen molar-refractivity contribution in [1.29, 1.82) is 0 Å². The summed E-state index contributed by atoms with van der Waals surface area (Å²) in [6.45, 7) is 12.2. The molecular formula is C57H66ClF3N10O7S3. The number of hydrogen-bond donors (Lipinski definition) is 4. The number of rotatable bonds is 20. The number of hydrogen-bond acceptors (Lipinski definition) is 16. The molecule has 4 heterocycles. The standard InChI is InChI=1S/C57H66ClF3N10O7S3/c1-56(2)24-22-48(39-8-12-42(58)13-9-39)41(35-56)36-69-30-32-71(33-31-69)45-15-10-40(11-16-45)54(73)67-81(77,78)47-17-18-49(51(34-47)80(75,76)57(59,60)61)62-44(38-79-46-6-4-3-5-7-46)23-25-68-26-28-70(29-27-68)37-43-14-20-52(66-65-43)63-50-19-21-53(72)64-55(50)74/h3-18,20,34,44,50,62H,19,21-33,35-38H2,1-2H3,(H,63,66)(H,67,73)(H,64,72,74)/t44-,50?/m1/s1. The summed E-state index contributed by atoms with van der Waals surface area (Å²) < 4.78 is 99.4. The number of nitrogens with zero attached hydrogens (tertiary/aromatic N) is 6. The van der Waals surface area contributed by atoms with Crippen LogP contribution in [0.15, 0.2) is 129 Å². The third kappa shape index (κ3) is 15.5. The average Bonchev–Trinajstić information content (AvgIpc) is 3.60. The number of sulfonamides is 1. The largest absolute Gasteiger partial charge is 0.501 e. The Bertz CT molecular complexity index is 3310. The molecule has 3 amide bonds. The van der Waals surface area contributed by atoms with Crippen LogP contribution < -0.4 is 25.6 Å². The molecule has 0 bridgehead atoms. The summed E-state index contributed by atoms with van der Waals surface area (Å²) >= 11 is 7.64. The summed E-state index contributed by atoms with van der Waals surface area (Å²) in [5, 5.41) is 17.6. The highest BCUT2D eigenvalue weighted by Gasteiger charge is 2.48. The maximum Gasteiger partial charge on any atom is 0.501 e. The molecule has 81 heavy (non-hydrogen) atoms. The summed E-state index contributed by atoms with van der Waals surface area (Å²) in [5.41, 5.74) is -0.467. The highest BCUT2D eigenvalue weighted by atomic mass is 35.5. The lowest BCUT2D eigenvalue weighted by Crippen LogP contribution is -2.47. The monoisotopic (exact) mass is 1190 g/mol. The van der Waals surface area contributed by atoms with Crippen LogP contribution in [0.2, 0.25) is 5.02 Å². The second kappa shape index (κ2) is 25.6. The van der Waals surface area contributed by atoms with Gasteiger partial charge in [0.2, 0.25) is 11.8 Å². The zero-order valence-electron chi connectivity index (χ0n) is 45.1. The number of imide groups is 1. The highest BCUT2D eigenvalue weighted by molar-refractivity contribution is 7.99. The summed E-state index contributed by atoms with van der Waals surface area (Å²) in [6.07, 6.45) is 4.08. The van der Waals surface area contributed by atoms with E-state index in [1.165, 1.54) is 40.6 Å². The summed E-state index contributed by atoms with van der Waals surface area (Å²) in [4.78, 5) is 45.0. The Morgan fingerprint density at radius 2 is 1.49 bits per heavy atom. The number of nitrogens with one attached hydrogen (secondary N) is 4. The van der Waals surface area contributed by atoms with Crippen LogP contribution in [-0.4, -0.2) is 148 Å². The molecule has 17 nitrogen and oxygen atoms in total. The van der Waals surface area contributed by atoms with Gasteiger partial charge in [0, 0.05) is 111 Å². The van der Waals surface area contributed by atoms with E-state index in [2.05, 4.69) is 71.7 Å². The van der Waals surface area contributed by atoms with E-state index in [1.807, 2.05) is 53.3 Å². The second-order valence-corrected chi connectivity index (χ2v) is 26.8. The predicted molar refractivity (Wildman–Crippen MR) is 308 cm³/mol. The molecule has 0 radical (unpaired) electrons. The van der Waals surface area contributed by atoms with Gasteiger partial charge in [-0.25, -0.2) is 21.6 Å². The van der Waals surface area contributed by atoms with E-state index in [4.69, 9.17) is 11.6 Å². The van der Waals surface area contributed by atoms with Crippen LogP contribution in [0, 0.1) is 5.41 Å². The van der Waals surface area contributed by atoms with Crippen molar-refractivity contribution in [3.8, 4) is 0 Å². The molecule has 24 heteroatoms. The molecule has 4 aromatic carbocycles. The van der Waals surface area contributed by atoms with Crippen molar-refractivity contribution >= 4 is 83.7 Å². The van der Waals surface area contributed by atoms with Gasteiger partial charge in [0.05, 0.1) is 16.3 Å². The van der Waals surface area contributed by atoms with Gasteiger partial charge < -0.3 is 20.4 Å². The third-order valence-electron chi connectivity index (χ3n) is 15.2. The molecule has 3 fully saturated rings. The number of carbonyl (C=O) groups excluding carboxylic acids is 3. The van der Waals surface area contributed by atoms with Crippen LogP contribution >= 0.6 is 23.4 Å². The van der Waals surface area contributed by atoms with Gasteiger partial charge in [-0.3, -0.25) is 29.5 Å². The average molecular weight is 1190 g/mol. The quantitative estimate of drug-likeness (QED) is 0.0427. The molecule has 5 aromatic rings. The number of amides is 3. The minimum Gasteiger partial charge on any atom is -0.380 e. The van der Waals surface area contributed by atoms with Gasteiger partial charge in [0.15, 0.2) is 0 Å². The molecule has 4 aliphatic rings. The smallest absolute Gasteiger partial charge is 0.380 e. The van der Waals surface area contributed by atoms with E-state index in [1.54, 1.807) is 18.2 Å². The fourth-order valence-electron chi connectivity index (χ4n) is 10.6. The van der Waals surface area contributed by atoms with E-state index in [0.717, 1.165) is 74.7 Å². The first kappa shape index (κ1) is 59.5. The van der Waals surface area contributed by atoms with Gasteiger partial charge >= 0.3 is 5.51 Å². The normalized spacial score (nSPS) is 19.2. The fraction of sp³-hybridized carbons (Fsp3) is 0.421. The first-order valence-corrected chi connectivity index (χ1v) is 31.3. The molecule has 1 aromatic heterocycles. The number of piperidine rings is 1. The first-order chi connectivity index (χ1) is 38.6. The van der Waals surface area contributed by atoms with Crippen LogP contribution in [0.5, 0.6) is 0 Å². The van der Waals surface area contributed by atoms with Crippen molar-refractivity contribution in [1.82, 2.24) is 34.9 Å². The molecule has 1 aliphatic carbocycles. The van der Waals surface area contributed by atoms with Crippen molar-refractivity contribution in [3.63, 3.8) is 0 Å². The Morgan fingerprint density at radius 1 is 0.815 bits per heavy atom. The molecule has 4 N–H and O–H groups in total. The van der Waals surface area contributed by atoms with E-state index >= 15 is 0 Å². The van der Waals surface area contributed by atoms with Crippen molar-refractivity contribution in [2.45, 2.75) is 91.2 Å². The number of halogens is 4. The van der Waals surface area contributed by atoms with Gasteiger partial charge in [-0.1, -0.05) is 61.4 Å². The number of aromatic nitrogens is 2. The molecule has 3 saturated heterocycles. The van der Waals surface area contributed by atoms with Crippen LogP contribution in [0.4, 0.5) is 30.4 Å². The van der Waals surface area contributed by atoms with Crippen molar-refractivity contribution in [2.24, 2.45) is 5.41 Å². The van der Waals surface area contributed by atoms with Gasteiger partial charge in [-0.15, -0.1) is 16.9 Å². The number of carbonyl (C=O) groups is 3. The fourth-order valence-corrected chi connectivity index (χ4v) is 13.7. The van der Waals surface area contributed by atoms with E-state index in [0.29, 0.717) is 80.5 Å². The topological polar surface area (TPSA) is 206 Å². The molecule has 432 valence electrons. The number of allylic oxidation sites excluding steroid dienone is 1. The van der Waals surface area contributed by atoms with Gasteiger partial charge in [-0.2, -0.15) is 18.3 Å². The predicted octanol–water partition coefficient (Wildman–Crippen LogP) is 8.33. The van der Waals surface area contributed by atoms with E-state index < -0.39 is 64.7 Å². The van der Waals surface area contributed by atoms with Gasteiger partial charge in [-0.05, 0) is 128 Å². The van der Waals surface area contributed by atoms with Crippen molar-refractivity contribution in [2.75, 3.05) is 86.7 Å². The summed E-state index contributed by atoms with van der Waals surface area (Å²) in [6, 6.07) is 28.6. The Hall–Kier alpha value is -6.08. The second-order valence-electron chi connectivity index (χ2n) is 21.7. The molecule has 0 saturated carbocycles. The van der Waals surface area contributed by atoms with Gasteiger partial charge in [0.25, 0.3) is 25.8 Å². The van der Waals surface area contributed by atoms with Crippen molar-refractivity contribution < 1.29 is 44.4 Å². The lowest BCUT2D eigenvalue weighted by molar-refractivity contribution is -0.133.